The predicted molar refractivity (Wildman–Crippen MR) is 88.1 cm³/mol. The SMILES string of the molecule is C=CCCC(NC(=O)c1cccc(S(=O)(=O)NC2CC2)c1)C(=O)O. The third kappa shape index (κ3) is 4.90. The van der Waals surface area contributed by atoms with E-state index in [2.05, 4.69) is 16.6 Å². The standard InChI is InChI=1S/C16H20N2O5S/c1-2-3-7-14(16(20)21)17-15(19)11-5-4-6-13(10-11)24(22,23)18-12-8-9-12/h2,4-6,10,12,14,18H,1,3,7-9H2,(H,17,19)(H,20,21). The van der Waals surface area contributed by atoms with Crippen molar-refractivity contribution in [1.82, 2.24) is 10.0 Å². The quantitative estimate of drug-likeness (QED) is 0.580. The zero-order chi connectivity index (χ0) is 17.7. The zero-order valence-electron chi connectivity index (χ0n) is 13.1. The number of carbonyl (C=O) groups excluding carboxylic acids is 1. The van der Waals surface area contributed by atoms with E-state index < -0.39 is 27.9 Å². The molecule has 0 bridgehead atoms. The Morgan fingerprint density at radius 1 is 1.38 bits per heavy atom. The first-order valence-corrected chi connectivity index (χ1v) is 9.09. The maximum atomic E-state index is 12.2. The molecule has 1 fully saturated rings. The van der Waals surface area contributed by atoms with Crippen LogP contribution in [-0.2, 0) is 14.8 Å². The minimum Gasteiger partial charge on any atom is -0.480 e. The molecule has 1 atom stereocenters. The number of sulfonamides is 1. The third-order valence-corrected chi connectivity index (χ3v) is 5.09. The number of carboxylic acids is 1. The second-order valence-corrected chi connectivity index (χ2v) is 7.37. The van der Waals surface area contributed by atoms with Crippen LogP contribution in [0.3, 0.4) is 0 Å². The van der Waals surface area contributed by atoms with Gasteiger partial charge in [0.2, 0.25) is 10.0 Å². The van der Waals surface area contributed by atoms with Crippen molar-refractivity contribution >= 4 is 21.9 Å². The number of carboxylic acid groups (broad SMARTS) is 1. The van der Waals surface area contributed by atoms with Crippen molar-refractivity contribution < 1.29 is 23.1 Å². The molecule has 1 aliphatic carbocycles. The van der Waals surface area contributed by atoms with Crippen molar-refractivity contribution in [1.29, 1.82) is 0 Å². The summed E-state index contributed by atoms with van der Waals surface area (Å²) in [5, 5.41) is 11.5. The Hall–Kier alpha value is -2.19. The monoisotopic (exact) mass is 352 g/mol. The number of aliphatic carboxylic acids is 1. The number of benzene rings is 1. The molecule has 0 saturated heterocycles. The van der Waals surface area contributed by atoms with Crippen LogP contribution in [0.1, 0.15) is 36.0 Å². The van der Waals surface area contributed by atoms with Gasteiger partial charge in [-0.1, -0.05) is 12.1 Å². The molecule has 8 heteroatoms. The lowest BCUT2D eigenvalue weighted by molar-refractivity contribution is -0.139. The van der Waals surface area contributed by atoms with E-state index in [-0.39, 0.29) is 22.9 Å². The summed E-state index contributed by atoms with van der Waals surface area (Å²) in [7, 11) is -3.67. The maximum absolute atomic E-state index is 12.2. The first-order valence-electron chi connectivity index (χ1n) is 7.60. The molecule has 24 heavy (non-hydrogen) atoms. The summed E-state index contributed by atoms with van der Waals surface area (Å²) in [5.74, 6) is -1.78. The summed E-state index contributed by atoms with van der Waals surface area (Å²) in [6.45, 7) is 3.52. The Bertz CT molecular complexity index is 741. The van der Waals surface area contributed by atoms with Gasteiger partial charge >= 0.3 is 5.97 Å². The Labute approximate surface area is 140 Å². The van der Waals surface area contributed by atoms with Gasteiger partial charge in [0.1, 0.15) is 6.04 Å². The summed E-state index contributed by atoms with van der Waals surface area (Å²) in [6, 6.07) is 4.44. The number of rotatable bonds is 9. The molecular formula is C16H20N2O5S. The van der Waals surface area contributed by atoms with Gasteiger partial charge in [0, 0.05) is 11.6 Å². The summed E-state index contributed by atoms with van der Waals surface area (Å²) < 4.78 is 26.9. The number of allylic oxidation sites excluding steroid dienone is 1. The fraction of sp³-hybridized carbons (Fsp3) is 0.375. The Morgan fingerprint density at radius 2 is 2.08 bits per heavy atom. The average molecular weight is 352 g/mol. The van der Waals surface area contributed by atoms with Gasteiger partial charge in [-0.25, -0.2) is 17.9 Å². The van der Waals surface area contributed by atoms with E-state index in [1.54, 1.807) is 6.08 Å². The van der Waals surface area contributed by atoms with Gasteiger partial charge in [0.25, 0.3) is 5.91 Å². The summed E-state index contributed by atoms with van der Waals surface area (Å²) in [4.78, 5) is 23.4. The fourth-order valence-corrected chi connectivity index (χ4v) is 3.43. The minimum absolute atomic E-state index is 0.0139. The van der Waals surface area contributed by atoms with E-state index in [4.69, 9.17) is 5.11 Å². The highest BCUT2D eigenvalue weighted by Gasteiger charge is 2.28. The van der Waals surface area contributed by atoms with Crippen LogP contribution in [0, 0.1) is 0 Å². The molecule has 0 aliphatic heterocycles. The van der Waals surface area contributed by atoms with Gasteiger partial charge in [-0.05, 0) is 43.9 Å². The lowest BCUT2D eigenvalue weighted by atomic mass is 10.1. The molecule has 3 N–H and O–H groups in total. The van der Waals surface area contributed by atoms with Crippen molar-refractivity contribution in [3.05, 3.63) is 42.5 Å². The number of carbonyl (C=O) groups is 2. The van der Waals surface area contributed by atoms with Crippen LogP contribution < -0.4 is 10.0 Å². The van der Waals surface area contributed by atoms with E-state index in [0.29, 0.717) is 6.42 Å². The van der Waals surface area contributed by atoms with E-state index in [0.717, 1.165) is 12.8 Å². The van der Waals surface area contributed by atoms with Gasteiger partial charge in [0.05, 0.1) is 4.90 Å². The number of nitrogens with one attached hydrogen (secondary N) is 2. The van der Waals surface area contributed by atoms with Gasteiger partial charge in [-0.2, -0.15) is 0 Å². The first kappa shape index (κ1) is 18.2. The largest absolute Gasteiger partial charge is 0.480 e. The molecule has 2 rings (SSSR count). The number of hydrogen-bond acceptors (Lipinski definition) is 4. The number of amides is 1. The second kappa shape index (κ2) is 7.59. The zero-order valence-corrected chi connectivity index (χ0v) is 13.9. The van der Waals surface area contributed by atoms with Crippen molar-refractivity contribution in [2.24, 2.45) is 0 Å². The topological polar surface area (TPSA) is 113 Å². The molecule has 0 spiro atoms. The summed E-state index contributed by atoms with van der Waals surface area (Å²) >= 11 is 0. The van der Waals surface area contributed by atoms with E-state index in [1.807, 2.05) is 0 Å². The second-order valence-electron chi connectivity index (χ2n) is 5.65. The highest BCUT2D eigenvalue weighted by Crippen LogP contribution is 2.22. The van der Waals surface area contributed by atoms with Crippen LogP contribution in [0.25, 0.3) is 0 Å². The molecule has 0 heterocycles. The van der Waals surface area contributed by atoms with Gasteiger partial charge < -0.3 is 10.4 Å². The van der Waals surface area contributed by atoms with Crippen LogP contribution >= 0.6 is 0 Å². The van der Waals surface area contributed by atoms with E-state index in [9.17, 15) is 18.0 Å². The highest BCUT2D eigenvalue weighted by atomic mass is 32.2. The maximum Gasteiger partial charge on any atom is 0.326 e. The van der Waals surface area contributed by atoms with Crippen LogP contribution in [0.15, 0.2) is 41.8 Å². The molecule has 0 aromatic heterocycles. The van der Waals surface area contributed by atoms with Crippen molar-refractivity contribution in [3.63, 3.8) is 0 Å². The van der Waals surface area contributed by atoms with Crippen molar-refractivity contribution in [2.45, 2.75) is 42.7 Å². The van der Waals surface area contributed by atoms with Gasteiger partial charge in [-0.15, -0.1) is 6.58 Å². The van der Waals surface area contributed by atoms with E-state index >= 15 is 0 Å². The molecule has 1 amide bonds. The van der Waals surface area contributed by atoms with Crippen molar-refractivity contribution in [2.75, 3.05) is 0 Å². The van der Waals surface area contributed by atoms with Gasteiger partial charge in [0.15, 0.2) is 0 Å². The molecular weight excluding hydrogens is 332 g/mol. The highest BCUT2D eigenvalue weighted by molar-refractivity contribution is 7.89. The molecule has 1 aromatic carbocycles. The third-order valence-electron chi connectivity index (χ3n) is 3.57. The Morgan fingerprint density at radius 3 is 2.67 bits per heavy atom. The molecule has 7 nitrogen and oxygen atoms in total. The Balaban J connectivity index is 2.13. The van der Waals surface area contributed by atoms with E-state index in [1.165, 1.54) is 24.3 Å². The minimum atomic E-state index is -3.67. The molecule has 1 aliphatic rings. The van der Waals surface area contributed by atoms with Gasteiger partial charge in [-0.3, -0.25) is 4.79 Å². The fourth-order valence-electron chi connectivity index (χ4n) is 2.08. The first-order chi connectivity index (χ1) is 11.3. The summed E-state index contributed by atoms with van der Waals surface area (Å²) in [6.07, 6.45) is 3.84. The average Bonchev–Trinajstić information content (AvgIpc) is 3.34. The van der Waals surface area contributed by atoms with Crippen molar-refractivity contribution in [3.8, 4) is 0 Å². The van der Waals surface area contributed by atoms with Crippen LogP contribution in [0.5, 0.6) is 0 Å². The molecule has 0 radical (unpaired) electrons. The normalized spacial score (nSPS) is 15.5. The smallest absolute Gasteiger partial charge is 0.326 e. The molecule has 1 saturated carbocycles. The van der Waals surface area contributed by atoms with Crippen LogP contribution in [0.2, 0.25) is 0 Å². The van der Waals surface area contributed by atoms with Crippen LogP contribution in [-0.4, -0.2) is 37.5 Å². The lowest BCUT2D eigenvalue weighted by Gasteiger charge is -2.14. The molecule has 1 unspecified atom stereocenters. The summed E-state index contributed by atoms with van der Waals surface area (Å²) in [5.41, 5.74) is 0.0959. The molecule has 130 valence electrons. The Kier molecular flexibility index (Phi) is 5.74. The number of hydrogen-bond donors (Lipinski definition) is 3. The lowest BCUT2D eigenvalue weighted by Crippen LogP contribution is -2.40. The van der Waals surface area contributed by atoms with Crippen LogP contribution in [0.4, 0.5) is 0 Å². The molecule has 1 aromatic rings. The predicted octanol–water partition coefficient (Wildman–Crippen LogP) is 1.28.